The molecule has 0 atom stereocenters. The lowest BCUT2D eigenvalue weighted by Gasteiger charge is -2.24. The van der Waals surface area contributed by atoms with Crippen LogP contribution < -0.4 is 14.4 Å². The monoisotopic (exact) mass is 528 g/mol. The maximum absolute atomic E-state index is 13.4. The number of nitrogens with zero attached hydrogens (tertiary/aromatic N) is 3. The van der Waals surface area contributed by atoms with Crippen LogP contribution in [0.2, 0.25) is 5.02 Å². The summed E-state index contributed by atoms with van der Waals surface area (Å²) in [5.41, 5.74) is 2.04. The first-order chi connectivity index (χ1) is 16.8. The van der Waals surface area contributed by atoms with Gasteiger partial charge in [-0.3, -0.25) is 14.4 Å². The molecule has 0 radical (unpaired) electrons. The van der Waals surface area contributed by atoms with Crippen molar-refractivity contribution < 1.29 is 17.9 Å². The maximum Gasteiger partial charge on any atom is 0.264 e. The van der Waals surface area contributed by atoms with Crippen LogP contribution in [0.25, 0.3) is 10.6 Å². The maximum atomic E-state index is 13.4. The summed E-state index contributed by atoms with van der Waals surface area (Å²) in [6.45, 7) is 1.40. The molecule has 4 rings (SSSR count). The summed E-state index contributed by atoms with van der Waals surface area (Å²) < 4.78 is 33.1. The van der Waals surface area contributed by atoms with E-state index in [9.17, 15) is 13.2 Å². The van der Waals surface area contributed by atoms with Crippen molar-refractivity contribution in [3.8, 4) is 16.3 Å². The number of hydrogen-bond donors (Lipinski definition) is 1. The van der Waals surface area contributed by atoms with Gasteiger partial charge in [0.1, 0.15) is 17.3 Å². The molecule has 0 aliphatic heterocycles. The summed E-state index contributed by atoms with van der Waals surface area (Å²) in [6.07, 6.45) is 0. The van der Waals surface area contributed by atoms with Gasteiger partial charge >= 0.3 is 0 Å². The average molecular weight is 529 g/mol. The zero-order chi connectivity index (χ0) is 25.0. The first-order valence-electron chi connectivity index (χ1n) is 10.4. The van der Waals surface area contributed by atoms with Crippen molar-refractivity contribution in [1.82, 2.24) is 10.2 Å². The summed E-state index contributed by atoms with van der Waals surface area (Å²) in [6, 6.07) is 19.9. The van der Waals surface area contributed by atoms with Gasteiger partial charge in [-0.25, -0.2) is 8.42 Å². The highest BCUT2D eigenvalue weighted by Gasteiger charge is 2.27. The Morgan fingerprint density at radius 1 is 1.00 bits per heavy atom. The molecule has 1 amide bonds. The van der Waals surface area contributed by atoms with E-state index < -0.39 is 22.5 Å². The SMILES string of the molecule is COc1ccc(-c2nnc(NC(=O)CN(c3ccc(Cl)cc3)S(=O)(=O)c3ccc(C)cc3)s2)cc1. The zero-order valence-corrected chi connectivity index (χ0v) is 21.2. The van der Waals surface area contributed by atoms with Gasteiger partial charge in [-0.15, -0.1) is 10.2 Å². The molecule has 1 N–H and O–H groups in total. The van der Waals surface area contributed by atoms with E-state index in [0.29, 0.717) is 21.5 Å². The number of nitrogens with one attached hydrogen (secondary N) is 1. The van der Waals surface area contributed by atoms with Gasteiger partial charge in [0, 0.05) is 10.6 Å². The highest BCUT2D eigenvalue weighted by molar-refractivity contribution is 7.92. The Morgan fingerprint density at radius 3 is 2.29 bits per heavy atom. The molecule has 1 aromatic heterocycles. The number of rotatable bonds is 8. The zero-order valence-electron chi connectivity index (χ0n) is 18.8. The topological polar surface area (TPSA) is 101 Å². The van der Waals surface area contributed by atoms with E-state index in [0.717, 1.165) is 15.4 Å². The van der Waals surface area contributed by atoms with E-state index in [1.807, 2.05) is 19.1 Å². The number of aromatic nitrogens is 2. The molecular weight excluding hydrogens is 508 g/mol. The first kappa shape index (κ1) is 24.6. The fourth-order valence-corrected chi connectivity index (χ4v) is 5.49. The molecule has 3 aromatic carbocycles. The first-order valence-corrected chi connectivity index (χ1v) is 13.0. The van der Waals surface area contributed by atoms with Gasteiger partial charge < -0.3 is 4.74 Å². The summed E-state index contributed by atoms with van der Waals surface area (Å²) in [5, 5.41) is 12.1. The number of sulfonamides is 1. The molecule has 35 heavy (non-hydrogen) atoms. The Bertz CT molecular complexity index is 1420. The molecule has 11 heteroatoms. The third kappa shape index (κ3) is 5.79. The lowest BCUT2D eigenvalue weighted by molar-refractivity contribution is -0.114. The number of halogens is 1. The van der Waals surface area contributed by atoms with Crippen LogP contribution in [0.15, 0.2) is 77.7 Å². The summed E-state index contributed by atoms with van der Waals surface area (Å²) in [7, 11) is -2.45. The van der Waals surface area contributed by atoms with E-state index in [4.69, 9.17) is 16.3 Å². The Hall–Kier alpha value is -3.47. The smallest absolute Gasteiger partial charge is 0.264 e. The van der Waals surface area contributed by atoms with E-state index in [1.54, 1.807) is 55.6 Å². The van der Waals surface area contributed by atoms with Crippen molar-refractivity contribution in [2.75, 3.05) is 23.3 Å². The predicted molar refractivity (Wildman–Crippen MR) is 138 cm³/mol. The molecule has 0 aliphatic carbocycles. The predicted octanol–water partition coefficient (Wildman–Crippen LogP) is 5.01. The number of benzene rings is 3. The van der Waals surface area contributed by atoms with Crippen LogP contribution in [0.3, 0.4) is 0 Å². The number of anilines is 2. The van der Waals surface area contributed by atoms with Crippen LogP contribution in [-0.4, -0.2) is 38.2 Å². The molecule has 180 valence electrons. The average Bonchev–Trinajstić information content (AvgIpc) is 3.32. The number of hydrogen-bond acceptors (Lipinski definition) is 7. The minimum Gasteiger partial charge on any atom is -0.497 e. The molecule has 0 saturated carbocycles. The van der Waals surface area contributed by atoms with Gasteiger partial charge in [-0.2, -0.15) is 0 Å². The van der Waals surface area contributed by atoms with Gasteiger partial charge in [-0.1, -0.05) is 40.6 Å². The third-order valence-corrected chi connectivity index (χ3v) is 7.95. The van der Waals surface area contributed by atoms with Crippen LogP contribution in [-0.2, 0) is 14.8 Å². The third-order valence-electron chi connectivity index (χ3n) is 5.02. The van der Waals surface area contributed by atoms with E-state index in [1.165, 1.54) is 23.5 Å². The van der Waals surface area contributed by atoms with Gasteiger partial charge in [0.2, 0.25) is 11.0 Å². The minimum absolute atomic E-state index is 0.0727. The quantitative estimate of drug-likeness (QED) is 0.345. The molecule has 0 bridgehead atoms. The van der Waals surface area contributed by atoms with E-state index in [-0.39, 0.29) is 10.0 Å². The largest absolute Gasteiger partial charge is 0.497 e. The highest BCUT2D eigenvalue weighted by atomic mass is 35.5. The number of amides is 1. The molecule has 0 unspecified atom stereocenters. The number of carbonyl (C=O) groups excluding carboxylic acids is 1. The highest BCUT2D eigenvalue weighted by Crippen LogP contribution is 2.29. The molecule has 0 saturated heterocycles. The second kappa shape index (κ2) is 10.4. The van der Waals surface area contributed by atoms with Gasteiger partial charge in [0.15, 0.2) is 0 Å². The summed E-state index contributed by atoms with van der Waals surface area (Å²) in [4.78, 5) is 13.0. The normalized spacial score (nSPS) is 11.2. The van der Waals surface area contributed by atoms with Crippen LogP contribution in [0.5, 0.6) is 5.75 Å². The second-order valence-electron chi connectivity index (χ2n) is 7.49. The Labute approximate surface area is 212 Å². The van der Waals surface area contributed by atoms with Gasteiger partial charge in [0.25, 0.3) is 10.0 Å². The standard InChI is InChI=1S/C24H21ClN4O4S2/c1-16-3-13-21(14-4-16)35(31,32)29(19-9-7-18(25)8-10-19)15-22(30)26-24-28-27-23(34-24)17-5-11-20(33-2)12-6-17/h3-14H,15H2,1-2H3,(H,26,28,30). The minimum atomic E-state index is -4.03. The van der Waals surface area contributed by atoms with E-state index in [2.05, 4.69) is 15.5 Å². The van der Waals surface area contributed by atoms with Crippen molar-refractivity contribution >= 4 is 49.7 Å². The fourth-order valence-electron chi connectivity index (χ4n) is 3.17. The second-order valence-corrected chi connectivity index (χ2v) is 10.8. The van der Waals surface area contributed by atoms with Crippen LogP contribution >= 0.6 is 22.9 Å². The molecule has 4 aromatic rings. The van der Waals surface area contributed by atoms with Crippen LogP contribution in [0.4, 0.5) is 10.8 Å². The van der Waals surface area contributed by atoms with Gasteiger partial charge in [0.05, 0.1) is 17.7 Å². The Morgan fingerprint density at radius 2 is 1.66 bits per heavy atom. The number of methoxy groups -OCH3 is 1. The van der Waals surface area contributed by atoms with Crippen LogP contribution in [0.1, 0.15) is 5.56 Å². The van der Waals surface area contributed by atoms with Gasteiger partial charge in [-0.05, 0) is 67.6 Å². The molecule has 1 heterocycles. The summed E-state index contributed by atoms with van der Waals surface area (Å²) >= 11 is 7.16. The Kier molecular flexibility index (Phi) is 7.34. The molecule has 0 fully saturated rings. The fraction of sp³-hybridized carbons (Fsp3) is 0.125. The van der Waals surface area contributed by atoms with Crippen molar-refractivity contribution in [1.29, 1.82) is 0 Å². The molecule has 8 nitrogen and oxygen atoms in total. The van der Waals surface area contributed by atoms with Crippen molar-refractivity contribution in [3.63, 3.8) is 0 Å². The van der Waals surface area contributed by atoms with Crippen molar-refractivity contribution in [2.45, 2.75) is 11.8 Å². The van der Waals surface area contributed by atoms with E-state index >= 15 is 0 Å². The summed E-state index contributed by atoms with van der Waals surface area (Å²) in [5.74, 6) is 0.150. The number of aryl methyl sites for hydroxylation is 1. The van der Waals surface area contributed by atoms with Crippen molar-refractivity contribution in [3.05, 3.63) is 83.4 Å². The molecular formula is C24H21ClN4O4S2. The molecule has 0 spiro atoms. The Balaban J connectivity index is 1.56. The number of ether oxygens (including phenoxy) is 1. The molecule has 0 aliphatic rings. The lowest BCUT2D eigenvalue weighted by atomic mass is 10.2. The lowest BCUT2D eigenvalue weighted by Crippen LogP contribution is -2.38. The van der Waals surface area contributed by atoms with Crippen LogP contribution in [0, 0.1) is 6.92 Å². The number of carbonyl (C=O) groups is 1. The van der Waals surface area contributed by atoms with Crippen molar-refractivity contribution in [2.24, 2.45) is 0 Å².